The lowest BCUT2D eigenvalue weighted by atomic mass is 10.1. The van der Waals surface area contributed by atoms with Crippen LogP contribution in [-0.2, 0) is 4.74 Å². The second kappa shape index (κ2) is 5.28. The number of aromatic nitrogens is 2. The summed E-state index contributed by atoms with van der Waals surface area (Å²) in [5.41, 5.74) is 1.73. The number of hydrogen-bond donors (Lipinski definition) is 1. The molecule has 5 nitrogen and oxygen atoms in total. The van der Waals surface area contributed by atoms with E-state index in [9.17, 15) is 0 Å². The van der Waals surface area contributed by atoms with Crippen molar-refractivity contribution in [1.82, 2.24) is 15.5 Å². The van der Waals surface area contributed by atoms with Gasteiger partial charge in [-0.15, -0.1) is 0 Å². The highest BCUT2D eigenvalue weighted by atomic mass is 35.5. The molecule has 2 heterocycles. The smallest absolute Gasteiger partial charge is 0.259 e. The predicted octanol–water partition coefficient (Wildman–Crippen LogP) is 2.36. The highest BCUT2D eigenvalue weighted by Crippen LogP contribution is 2.30. The summed E-state index contributed by atoms with van der Waals surface area (Å²) in [6.45, 7) is 4.14. The van der Waals surface area contributed by atoms with Crippen molar-refractivity contribution in [2.75, 3.05) is 19.7 Å². The van der Waals surface area contributed by atoms with Gasteiger partial charge in [0, 0.05) is 13.1 Å². The van der Waals surface area contributed by atoms with Crippen LogP contribution in [0.2, 0.25) is 5.02 Å². The Hall–Kier alpha value is -1.43. The minimum Gasteiger partial charge on any atom is -0.367 e. The van der Waals surface area contributed by atoms with Gasteiger partial charge in [-0.2, -0.15) is 4.98 Å². The largest absolute Gasteiger partial charge is 0.367 e. The topological polar surface area (TPSA) is 60.2 Å². The molecule has 0 aliphatic carbocycles. The van der Waals surface area contributed by atoms with E-state index in [-0.39, 0.29) is 6.10 Å². The number of nitrogens with one attached hydrogen (secondary N) is 1. The number of rotatable bonds is 2. The van der Waals surface area contributed by atoms with Gasteiger partial charge < -0.3 is 14.6 Å². The van der Waals surface area contributed by atoms with Gasteiger partial charge in [0.05, 0.1) is 17.2 Å². The zero-order chi connectivity index (χ0) is 13.2. The molecule has 6 heteroatoms. The lowest BCUT2D eigenvalue weighted by Gasteiger charge is -2.20. The maximum Gasteiger partial charge on any atom is 0.259 e. The highest BCUT2D eigenvalue weighted by Gasteiger charge is 2.22. The van der Waals surface area contributed by atoms with Gasteiger partial charge in [-0.05, 0) is 18.6 Å². The molecule has 0 saturated carbocycles. The van der Waals surface area contributed by atoms with E-state index in [1.54, 1.807) is 0 Å². The van der Waals surface area contributed by atoms with E-state index in [2.05, 4.69) is 15.5 Å². The van der Waals surface area contributed by atoms with Crippen LogP contribution >= 0.6 is 11.6 Å². The molecule has 3 rings (SSSR count). The molecule has 1 unspecified atom stereocenters. The van der Waals surface area contributed by atoms with Crippen LogP contribution in [0.1, 0.15) is 17.5 Å². The van der Waals surface area contributed by atoms with E-state index < -0.39 is 0 Å². The van der Waals surface area contributed by atoms with E-state index in [0.29, 0.717) is 29.9 Å². The molecule has 1 saturated heterocycles. The van der Waals surface area contributed by atoms with Crippen LogP contribution in [-0.4, -0.2) is 29.8 Å². The second-order valence-electron chi connectivity index (χ2n) is 4.46. The lowest BCUT2D eigenvalue weighted by Crippen LogP contribution is -2.33. The lowest BCUT2D eigenvalue weighted by molar-refractivity contribution is 0.0208. The number of ether oxygens (including phenoxy) is 1. The summed E-state index contributed by atoms with van der Waals surface area (Å²) in [6.07, 6.45) is -0.158. The van der Waals surface area contributed by atoms with Crippen molar-refractivity contribution in [2.45, 2.75) is 13.0 Å². The molecule has 0 radical (unpaired) electrons. The predicted molar refractivity (Wildman–Crippen MR) is 71.0 cm³/mol. The molecule has 2 aromatic rings. The summed E-state index contributed by atoms with van der Waals surface area (Å²) >= 11 is 6.25. The Morgan fingerprint density at radius 3 is 3.11 bits per heavy atom. The van der Waals surface area contributed by atoms with Crippen molar-refractivity contribution < 1.29 is 9.26 Å². The molecule has 0 amide bonds. The van der Waals surface area contributed by atoms with Gasteiger partial charge in [-0.25, -0.2) is 0 Å². The fourth-order valence-corrected chi connectivity index (χ4v) is 2.23. The fourth-order valence-electron chi connectivity index (χ4n) is 2.02. The molecule has 1 aromatic heterocycles. The van der Waals surface area contributed by atoms with E-state index in [1.165, 1.54) is 0 Å². The standard InChI is InChI=1S/C13H14ClN3O2/c1-8-3-2-4-9(11(8)14)13-16-12(17-19-13)10-7-15-5-6-18-10/h2-4,10,15H,5-7H2,1H3. The summed E-state index contributed by atoms with van der Waals surface area (Å²) < 4.78 is 10.9. The van der Waals surface area contributed by atoms with Gasteiger partial charge >= 0.3 is 0 Å². The first kappa shape index (κ1) is 12.6. The minimum absolute atomic E-state index is 0.158. The summed E-state index contributed by atoms with van der Waals surface area (Å²) in [4.78, 5) is 4.38. The maximum atomic E-state index is 6.25. The molecule has 1 aliphatic heterocycles. The average molecular weight is 280 g/mol. The Morgan fingerprint density at radius 2 is 2.32 bits per heavy atom. The molecule has 0 spiro atoms. The third-order valence-electron chi connectivity index (χ3n) is 3.08. The number of halogens is 1. The Balaban J connectivity index is 1.90. The van der Waals surface area contributed by atoms with E-state index in [0.717, 1.165) is 17.7 Å². The quantitative estimate of drug-likeness (QED) is 0.914. The highest BCUT2D eigenvalue weighted by molar-refractivity contribution is 6.33. The third-order valence-corrected chi connectivity index (χ3v) is 3.58. The van der Waals surface area contributed by atoms with E-state index in [1.807, 2.05) is 25.1 Å². The van der Waals surface area contributed by atoms with Gasteiger partial charge in [0.15, 0.2) is 0 Å². The molecular formula is C13H14ClN3O2. The van der Waals surface area contributed by atoms with Crippen LogP contribution < -0.4 is 5.32 Å². The average Bonchev–Trinajstić information content (AvgIpc) is 2.92. The Bertz CT molecular complexity index is 579. The van der Waals surface area contributed by atoms with E-state index >= 15 is 0 Å². The molecule has 1 N–H and O–H groups in total. The number of benzene rings is 1. The van der Waals surface area contributed by atoms with E-state index in [4.69, 9.17) is 20.9 Å². The summed E-state index contributed by atoms with van der Waals surface area (Å²) in [5.74, 6) is 0.984. The molecule has 19 heavy (non-hydrogen) atoms. The SMILES string of the molecule is Cc1cccc(-c2nc(C3CNCCO3)no2)c1Cl. The third kappa shape index (κ3) is 2.49. The maximum absolute atomic E-state index is 6.25. The first-order chi connectivity index (χ1) is 9.25. The van der Waals surface area contributed by atoms with Crippen LogP contribution in [0.5, 0.6) is 0 Å². The van der Waals surface area contributed by atoms with Crippen molar-refractivity contribution in [3.05, 3.63) is 34.6 Å². The number of nitrogens with zero attached hydrogens (tertiary/aromatic N) is 2. The van der Waals surface area contributed by atoms with Gasteiger partial charge in [0.25, 0.3) is 5.89 Å². The second-order valence-corrected chi connectivity index (χ2v) is 4.84. The molecule has 1 fully saturated rings. The van der Waals surface area contributed by atoms with Crippen LogP contribution in [0.3, 0.4) is 0 Å². The van der Waals surface area contributed by atoms with Gasteiger partial charge in [-0.1, -0.05) is 28.9 Å². The Kier molecular flexibility index (Phi) is 3.50. The zero-order valence-corrected chi connectivity index (χ0v) is 11.3. The summed E-state index contributed by atoms with van der Waals surface area (Å²) in [5, 5.41) is 7.85. The summed E-state index contributed by atoms with van der Waals surface area (Å²) in [7, 11) is 0. The zero-order valence-electron chi connectivity index (χ0n) is 10.5. The van der Waals surface area contributed by atoms with Gasteiger partial charge in [-0.3, -0.25) is 0 Å². The van der Waals surface area contributed by atoms with Crippen LogP contribution in [0.4, 0.5) is 0 Å². The summed E-state index contributed by atoms with van der Waals surface area (Å²) in [6, 6.07) is 5.73. The minimum atomic E-state index is -0.158. The van der Waals surface area contributed by atoms with Crippen LogP contribution in [0.25, 0.3) is 11.5 Å². The molecular weight excluding hydrogens is 266 g/mol. The first-order valence-electron chi connectivity index (χ1n) is 6.17. The van der Waals surface area contributed by atoms with Gasteiger partial charge in [0.2, 0.25) is 5.82 Å². The molecule has 1 aliphatic rings. The molecule has 0 bridgehead atoms. The molecule has 100 valence electrons. The molecule has 1 atom stereocenters. The van der Waals surface area contributed by atoms with Crippen molar-refractivity contribution in [2.24, 2.45) is 0 Å². The number of morpholine rings is 1. The van der Waals surface area contributed by atoms with Crippen LogP contribution in [0, 0.1) is 6.92 Å². The number of hydrogen-bond acceptors (Lipinski definition) is 5. The monoisotopic (exact) mass is 279 g/mol. The van der Waals surface area contributed by atoms with Crippen LogP contribution in [0.15, 0.2) is 22.7 Å². The number of aryl methyl sites for hydroxylation is 1. The molecule has 1 aromatic carbocycles. The Morgan fingerprint density at radius 1 is 1.42 bits per heavy atom. The van der Waals surface area contributed by atoms with Crippen molar-refractivity contribution >= 4 is 11.6 Å². The Labute approximate surface area is 115 Å². The van der Waals surface area contributed by atoms with Crippen molar-refractivity contribution in [3.63, 3.8) is 0 Å². The normalized spacial score (nSPS) is 19.6. The van der Waals surface area contributed by atoms with Gasteiger partial charge in [0.1, 0.15) is 6.10 Å². The fraction of sp³-hybridized carbons (Fsp3) is 0.385. The van der Waals surface area contributed by atoms with Crippen molar-refractivity contribution in [3.8, 4) is 11.5 Å². The van der Waals surface area contributed by atoms with Crippen molar-refractivity contribution in [1.29, 1.82) is 0 Å². The first-order valence-corrected chi connectivity index (χ1v) is 6.55.